The van der Waals surface area contributed by atoms with Crippen LogP contribution in [0, 0.1) is 0 Å². The first kappa shape index (κ1) is 14.1. The number of nitrogens with zero attached hydrogens (tertiary/aromatic N) is 2. The molecule has 0 aliphatic carbocycles. The normalized spacial score (nSPS) is 24.6. The number of nitrogens with one attached hydrogen (secondary N) is 1. The molecule has 3 heteroatoms. The Hall–Kier alpha value is -0.900. The Kier molecular flexibility index (Phi) is 4.71. The second-order valence-corrected chi connectivity index (χ2v) is 6.14. The van der Waals surface area contributed by atoms with Gasteiger partial charge in [-0.3, -0.25) is 9.80 Å². The van der Waals surface area contributed by atoms with E-state index in [-0.39, 0.29) is 0 Å². The molecule has 1 atom stereocenters. The van der Waals surface area contributed by atoms with Crippen molar-refractivity contribution in [3.8, 4) is 0 Å². The van der Waals surface area contributed by atoms with Crippen LogP contribution in [-0.4, -0.2) is 55.1 Å². The molecule has 1 N–H and O–H groups in total. The quantitative estimate of drug-likeness (QED) is 0.910. The molecule has 3 nitrogen and oxygen atoms in total. The summed E-state index contributed by atoms with van der Waals surface area (Å²) in [6.45, 7) is 9.63. The van der Waals surface area contributed by atoms with E-state index in [2.05, 4.69) is 52.4 Å². The Balaban J connectivity index is 1.53. The first-order chi connectivity index (χ1) is 9.84. The Morgan fingerprint density at radius 2 is 1.65 bits per heavy atom. The summed E-state index contributed by atoms with van der Waals surface area (Å²) < 4.78 is 0. The van der Waals surface area contributed by atoms with Crippen molar-refractivity contribution in [3.63, 3.8) is 0 Å². The van der Waals surface area contributed by atoms with E-state index in [9.17, 15) is 0 Å². The summed E-state index contributed by atoms with van der Waals surface area (Å²) in [5, 5.41) is 3.45. The van der Waals surface area contributed by atoms with Crippen LogP contribution in [0.3, 0.4) is 0 Å². The minimum atomic E-state index is 0.556. The summed E-state index contributed by atoms with van der Waals surface area (Å²) in [5.74, 6) is 0. The van der Waals surface area contributed by atoms with E-state index in [1.807, 2.05) is 0 Å². The number of piperidine rings is 1. The number of hydrogen-bond donors (Lipinski definition) is 1. The lowest BCUT2D eigenvalue weighted by atomic mass is 9.98. The average molecular weight is 273 g/mol. The number of piperazine rings is 1. The molecule has 0 spiro atoms. The zero-order chi connectivity index (χ0) is 13.8. The first-order valence-electron chi connectivity index (χ1n) is 8.08. The van der Waals surface area contributed by atoms with Crippen LogP contribution in [0.1, 0.15) is 31.4 Å². The van der Waals surface area contributed by atoms with E-state index < -0.39 is 0 Å². The fraction of sp³-hybridized carbons (Fsp3) is 0.647. The fourth-order valence-corrected chi connectivity index (χ4v) is 3.63. The summed E-state index contributed by atoms with van der Waals surface area (Å²) in [7, 11) is 0. The van der Waals surface area contributed by atoms with Crippen molar-refractivity contribution in [1.29, 1.82) is 0 Å². The molecule has 20 heavy (non-hydrogen) atoms. The van der Waals surface area contributed by atoms with Crippen LogP contribution < -0.4 is 5.32 Å². The Morgan fingerprint density at radius 1 is 1.00 bits per heavy atom. The van der Waals surface area contributed by atoms with Crippen LogP contribution in [0.15, 0.2) is 30.3 Å². The molecule has 2 saturated heterocycles. The van der Waals surface area contributed by atoms with Gasteiger partial charge in [0.2, 0.25) is 0 Å². The maximum absolute atomic E-state index is 3.45. The lowest BCUT2D eigenvalue weighted by Crippen LogP contribution is -2.52. The van der Waals surface area contributed by atoms with Gasteiger partial charge in [0.05, 0.1) is 0 Å². The van der Waals surface area contributed by atoms with Crippen LogP contribution in [0.2, 0.25) is 0 Å². The van der Waals surface area contributed by atoms with Crippen molar-refractivity contribution in [1.82, 2.24) is 15.1 Å². The molecular formula is C17H27N3. The molecule has 1 aromatic rings. The second kappa shape index (κ2) is 6.70. The van der Waals surface area contributed by atoms with E-state index >= 15 is 0 Å². The van der Waals surface area contributed by atoms with Crippen LogP contribution in [-0.2, 0) is 0 Å². The van der Waals surface area contributed by atoms with E-state index in [1.165, 1.54) is 57.7 Å². The minimum Gasteiger partial charge on any atom is -0.314 e. The SMILES string of the molecule is CC(c1ccccc1)N1CCC(N2CCNCC2)CC1. The lowest BCUT2D eigenvalue weighted by Gasteiger charge is -2.42. The molecular weight excluding hydrogens is 246 g/mol. The zero-order valence-electron chi connectivity index (χ0n) is 12.6. The highest BCUT2D eigenvalue weighted by atomic mass is 15.2. The van der Waals surface area contributed by atoms with E-state index in [0.29, 0.717) is 6.04 Å². The van der Waals surface area contributed by atoms with Gasteiger partial charge in [-0.15, -0.1) is 0 Å². The third-order valence-electron chi connectivity index (χ3n) is 5.00. The van der Waals surface area contributed by atoms with Crippen LogP contribution >= 0.6 is 0 Å². The van der Waals surface area contributed by atoms with Gasteiger partial charge in [-0.2, -0.15) is 0 Å². The minimum absolute atomic E-state index is 0.556. The predicted octanol–water partition coefficient (Wildman–Crippen LogP) is 2.12. The van der Waals surface area contributed by atoms with Gasteiger partial charge in [-0.1, -0.05) is 30.3 Å². The maximum Gasteiger partial charge on any atom is 0.0319 e. The smallest absolute Gasteiger partial charge is 0.0319 e. The van der Waals surface area contributed by atoms with Gasteiger partial charge < -0.3 is 5.32 Å². The monoisotopic (exact) mass is 273 g/mol. The number of rotatable bonds is 3. The molecule has 110 valence electrons. The highest BCUT2D eigenvalue weighted by molar-refractivity contribution is 5.18. The Morgan fingerprint density at radius 3 is 2.30 bits per heavy atom. The van der Waals surface area contributed by atoms with Crippen molar-refractivity contribution in [2.75, 3.05) is 39.3 Å². The van der Waals surface area contributed by atoms with Gasteiger partial charge in [0, 0.05) is 51.4 Å². The third-order valence-corrected chi connectivity index (χ3v) is 5.00. The summed E-state index contributed by atoms with van der Waals surface area (Å²) in [6.07, 6.45) is 2.66. The molecule has 0 aromatic heterocycles. The molecule has 0 amide bonds. The number of likely N-dealkylation sites (tertiary alicyclic amines) is 1. The lowest BCUT2D eigenvalue weighted by molar-refractivity contribution is 0.0800. The molecule has 2 aliphatic rings. The van der Waals surface area contributed by atoms with Gasteiger partial charge in [-0.05, 0) is 25.3 Å². The standard InChI is InChI=1S/C17H27N3/c1-15(16-5-3-2-4-6-16)19-11-7-17(8-12-19)20-13-9-18-10-14-20/h2-6,15,17-18H,7-14H2,1H3. The van der Waals surface area contributed by atoms with E-state index in [4.69, 9.17) is 0 Å². The van der Waals surface area contributed by atoms with Crippen molar-refractivity contribution in [3.05, 3.63) is 35.9 Å². The van der Waals surface area contributed by atoms with Gasteiger partial charge >= 0.3 is 0 Å². The van der Waals surface area contributed by atoms with Gasteiger partial charge in [0.1, 0.15) is 0 Å². The Bertz CT molecular complexity index is 392. The molecule has 0 bridgehead atoms. The fourth-order valence-electron chi connectivity index (χ4n) is 3.63. The molecule has 1 unspecified atom stereocenters. The van der Waals surface area contributed by atoms with E-state index in [0.717, 1.165) is 6.04 Å². The van der Waals surface area contributed by atoms with Crippen molar-refractivity contribution in [2.24, 2.45) is 0 Å². The summed E-state index contributed by atoms with van der Waals surface area (Å²) in [5.41, 5.74) is 1.45. The van der Waals surface area contributed by atoms with Crippen LogP contribution in [0.4, 0.5) is 0 Å². The summed E-state index contributed by atoms with van der Waals surface area (Å²) >= 11 is 0. The first-order valence-corrected chi connectivity index (χ1v) is 8.08. The molecule has 0 radical (unpaired) electrons. The van der Waals surface area contributed by atoms with Crippen LogP contribution in [0.5, 0.6) is 0 Å². The van der Waals surface area contributed by atoms with Gasteiger partial charge in [0.15, 0.2) is 0 Å². The molecule has 2 aliphatic heterocycles. The highest BCUT2D eigenvalue weighted by Crippen LogP contribution is 2.25. The number of hydrogen-bond acceptors (Lipinski definition) is 3. The highest BCUT2D eigenvalue weighted by Gasteiger charge is 2.27. The van der Waals surface area contributed by atoms with Crippen molar-refractivity contribution in [2.45, 2.75) is 31.8 Å². The molecule has 2 heterocycles. The zero-order valence-corrected chi connectivity index (χ0v) is 12.6. The largest absolute Gasteiger partial charge is 0.314 e. The third kappa shape index (κ3) is 3.22. The Labute approximate surface area is 123 Å². The van der Waals surface area contributed by atoms with Gasteiger partial charge in [-0.25, -0.2) is 0 Å². The predicted molar refractivity (Wildman–Crippen MR) is 83.9 cm³/mol. The van der Waals surface area contributed by atoms with Crippen molar-refractivity contribution < 1.29 is 0 Å². The van der Waals surface area contributed by atoms with Crippen molar-refractivity contribution >= 4 is 0 Å². The average Bonchev–Trinajstić information content (AvgIpc) is 2.56. The molecule has 3 rings (SSSR count). The van der Waals surface area contributed by atoms with E-state index in [1.54, 1.807) is 0 Å². The van der Waals surface area contributed by atoms with Crippen LogP contribution in [0.25, 0.3) is 0 Å². The maximum atomic E-state index is 3.45. The topological polar surface area (TPSA) is 18.5 Å². The second-order valence-electron chi connectivity index (χ2n) is 6.14. The molecule has 2 fully saturated rings. The molecule has 0 saturated carbocycles. The summed E-state index contributed by atoms with van der Waals surface area (Å²) in [6, 6.07) is 12.3. The van der Waals surface area contributed by atoms with Gasteiger partial charge in [0.25, 0.3) is 0 Å². The number of benzene rings is 1. The summed E-state index contributed by atoms with van der Waals surface area (Å²) in [4.78, 5) is 5.34. The molecule has 1 aromatic carbocycles.